The fourth-order valence-corrected chi connectivity index (χ4v) is 2.70. The summed E-state index contributed by atoms with van der Waals surface area (Å²) < 4.78 is 5.27. The Bertz CT molecular complexity index is 685. The van der Waals surface area contributed by atoms with Crippen molar-refractivity contribution in [3.63, 3.8) is 0 Å². The van der Waals surface area contributed by atoms with Crippen LogP contribution < -0.4 is 5.32 Å². The minimum Gasteiger partial charge on any atom is -0.449 e. The molecule has 2 rings (SSSR count). The van der Waals surface area contributed by atoms with Crippen LogP contribution in [0.1, 0.15) is 30.6 Å². The summed E-state index contributed by atoms with van der Waals surface area (Å²) in [5.41, 5.74) is 1.15. The zero-order chi connectivity index (χ0) is 19.8. The molecular formula is C20H27N3O4. The summed E-state index contributed by atoms with van der Waals surface area (Å²) in [5, 5.41) is 2.65. The molecule has 1 aliphatic heterocycles. The number of hydrogen-bond acceptors (Lipinski definition) is 4. The minimum absolute atomic E-state index is 0.0889. The summed E-state index contributed by atoms with van der Waals surface area (Å²) in [7, 11) is 0. The highest BCUT2D eigenvalue weighted by molar-refractivity contribution is 5.99. The second-order valence-corrected chi connectivity index (χ2v) is 6.87. The molecule has 3 amide bonds. The average molecular weight is 373 g/mol. The van der Waals surface area contributed by atoms with Crippen molar-refractivity contribution in [2.75, 3.05) is 38.1 Å². The Morgan fingerprint density at radius 1 is 1.11 bits per heavy atom. The summed E-state index contributed by atoms with van der Waals surface area (Å²) in [6.07, 6.45) is 1.57. The van der Waals surface area contributed by atoms with Gasteiger partial charge in [-0.25, -0.2) is 4.79 Å². The molecule has 0 saturated carbocycles. The summed E-state index contributed by atoms with van der Waals surface area (Å²) in [6.45, 7) is 9.86. The molecule has 1 N–H and O–H groups in total. The van der Waals surface area contributed by atoms with Crippen molar-refractivity contribution in [3.05, 3.63) is 42.5 Å². The number of rotatable bonds is 5. The number of benzene rings is 1. The Hall–Kier alpha value is -2.83. The van der Waals surface area contributed by atoms with Gasteiger partial charge in [0, 0.05) is 37.4 Å². The van der Waals surface area contributed by atoms with Gasteiger partial charge >= 0.3 is 6.09 Å². The monoisotopic (exact) mass is 373 g/mol. The minimum atomic E-state index is -0.319. The van der Waals surface area contributed by atoms with Crippen molar-refractivity contribution in [1.82, 2.24) is 9.80 Å². The number of amides is 3. The van der Waals surface area contributed by atoms with Crippen LogP contribution in [0.15, 0.2) is 36.9 Å². The largest absolute Gasteiger partial charge is 0.449 e. The molecule has 1 aliphatic rings. The van der Waals surface area contributed by atoms with E-state index in [-0.39, 0.29) is 17.9 Å². The Kier molecular flexibility index (Phi) is 7.40. The van der Waals surface area contributed by atoms with Gasteiger partial charge in [0.05, 0.1) is 6.61 Å². The summed E-state index contributed by atoms with van der Waals surface area (Å²) in [5.74, 6) is -0.0988. The number of carbonyl (C=O) groups is 3. The fraction of sp³-hybridized carbons (Fsp3) is 0.450. The third kappa shape index (κ3) is 6.13. The molecule has 0 unspecified atom stereocenters. The Labute approximate surface area is 160 Å². The number of nitrogens with one attached hydrogen (secondary N) is 1. The van der Waals surface area contributed by atoms with E-state index in [9.17, 15) is 14.4 Å². The molecule has 0 spiro atoms. The van der Waals surface area contributed by atoms with Crippen molar-refractivity contribution in [1.29, 1.82) is 0 Å². The zero-order valence-corrected chi connectivity index (χ0v) is 15.9. The van der Waals surface area contributed by atoms with Gasteiger partial charge in [0.15, 0.2) is 0 Å². The molecule has 1 saturated heterocycles. The van der Waals surface area contributed by atoms with Crippen molar-refractivity contribution in [3.8, 4) is 0 Å². The molecule has 0 aliphatic carbocycles. The average Bonchev–Trinajstić information content (AvgIpc) is 2.92. The Morgan fingerprint density at radius 2 is 1.74 bits per heavy atom. The molecule has 1 fully saturated rings. The highest BCUT2D eigenvalue weighted by Gasteiger charge is 2.23. The van der Waals surface area contributed by atoms with Crippen LogP contribution in [-0.4, -0.2) is 60.5 Å². The lowest BCUT2D eigenvalue weighted by molar-refractivity contribution is -0.111. The first-order chi connectivity index (χ1) is 12.9. The van der Waals surface area contributed by atoms with E-state index in [4.69, 9.17) is 4.74 Å². The van der Waals surface area contributed by atoms with Crippen LogP contribution in [0.4, 0.5) is 10.5 Å². The Balaban J connectivity index is 1.92. The lowest BCUT2D eigenvalue weighted by Gasteiger charge is -2.22. The Morgan fingerprint density at radius 3 is 2.37 bits per heavy atom. The van der Waals surface area contributed by atoms with E-state index in [1.807, 2.05) is 13.8 Å². The van der Waals surface area contributed by atoms with Crippen molar-refractivity contribution in [2.45, 2.75) is 20.3 Å². The summed E-state index contributed by atoms with van der Waals surface area (Å²) >= 11 is 0. The van der Waals surface area contributed by atoms with Gasteiger partial charge in [-0.15, -0.1) is 0 Å². The van der Waals surface area contributed by atoms with Gasteiger partial charge in [0.1, 0.15) is 0 Å². The first-order valence-corrected chi connectivity index (χ1v) is 9.15. The third-order valence-corrected chi connectivity index (χ3v) is 4.17. The number of anilines is 1. The van der Waals surface area contributed by atoms with Gasteiger partial charge in [-0.05, 0) is 42.7 Å². The van der Waals surface area contributed by atoms with Gasteiger partial charge in [-0.1, -0.05) is 20.4 Å². The number of ether oxygens (including phenoxy) is 1. The van der Waals surface area contributed by atoms with Crippen LogP contribution in [-0.2, 0) is 9.53 Å². The molecule has 0 aromatic heterocycles. The van der Waals surface area contributed by atoms with E-state index in [0.29, 0.717) is 56.4 Å². The quantitative estimate of drug-likeness (QED) is 0.805. The van der Waals surface area contributed by atoms with Crippen LogP contribution >= 0.6 is 0 Å². The normalized spacial score (nSPS) is 14.5. The maximum absolute atomic E-state index is 12.7. The van der Waals surface area contributed by atoms with Crippen LogP contribution in [0.5, 0.6) is 0 Å². The van der Waals surface area contributed by atoms with Gasteiger partial charge in [0.25, 0.3) is 5.91 Å². The highest BCUT2D eigenvalue weighted by atomic mass is 16.6. The van der Waals surface area contributed by atoms with E-state index >= 15 is 0 Å². The first kappa shape index (κ1) is 20.5. The first-order valence-electron chi connectivity index (χ1n) is 9.15. The number of carbonyl (C=O) groups excluding carboxylic acids is 3. The van der Waals surface area contributed by atoms with Gasteiger partial charge in [0.2, 0.25) is 5.91 Å². The third-order valence-electron chi connectivity index (χ3n) is 4.17. The summed E-state index contributed by atoms with van der Waals surface area (Å²) in [6, 6.07) is 6.73. The summed E-state index contributed by atoms with van der Waals surface area (Å²) in [4.78, 5) is 39.5. The van der Waals surface area contributed by atoms with E-state index in [1.54, 1.807) is 34.1 Å². The van der Waals surface area contributed by atoms with Gasteiger partial charge in [-0.3, -0.25) is 9.59 Å². The van der Waals surface area contributed by atoms with Crippen molar-refractivity contribution in [2.24, 2.45) is 5.92 Å². The molecule has 1 heterocycles. The van der Waals surface area contributed by atoms with E-state index in [2.05, 4.69) is 11.9 Å². The smallest absolute Gasteiger partial charge is 0.409 e. The van der Waals surface area contributed by atoms with E-state index < -0.39 is 0 Å². The van der Waals surface area contributed by atoms with Gasteiger partial charge < -0.3 is 19.9 Å². The fourth-order valence-electron chi connectivity index (χ4n) is 2.70. The van der Waals surface area contributed by atoms with Crippen LogP contribution in [0.2, 0.25) is 0 Å². The lowest BCUT2D eigenvalue weighted by Crippen LogP contribution is -2.37. The van der Waals surface area contributed by atoms with Crippen molar-refractivity contribution < 1.29 is 19.1 Å². The standard InChI is InChI=1S/C20H27N3O4/c1-4-18(24)21-17-8-6-16(7-9-17)19(25)22-10-5-11-23(13-12-22)20(26)27-14-15(2)3/h4,6-9,15H,1,5,10-14H2,2-3H3,(H,21,24). The second kappa shape index (κ2) is 9.75. The molecular weight excluding hydrogens is 346 g/mol. The maximum Gasteiger partial charge on any atom is 0.409 e. The number of hydrogen-bond donors (Lipinski definition) is 1. The molecule has 7 heteroatoms. The number of nitrogens with zero attached hydrogens (tertiary/aromatic N) is 2. The van der Waals surface area contributed by atoms with Crippen LogP contribution in [0.25, 0.3) is 0 Å². The highest BCUT2D eigenvalue weighted by Crippen LogP contribution is 2.14. The lowest BCUT2D eigenvalue weighted by atomic mass is 10.1. The second-order valence-electron chi connectivity index (χ2n) is 6.87. The topological polar surface area (TPSA) is 79.0 Å². The SMILES string of the molecule is C=CC(=O)Nc1ccc(C(=O)N2CCCN(C(=O)OCC(C)C)CC2)cc1. The predicted molar refractivity (Wildman–Crippen MR) is 104 cm³/mol. The molecule has 27 heavy (non-hydrogen) atoms. The van der Waals surface area contributed by atoms with Crippen LogP contribution in [0, 0.1) is 5.92 Å². The van der Waals surface area contributed by atoms with Gasteiger partial charge in [-0.2, -0.15) is 0 Å². The maximum atomic E-state index is 12.7. The molecule has 0 atom stereocenters. The van der Waals surface area contributed by atoms with Crippen LogP contribution in [0.3, 0.4) is 0 Å². The molecule has 1 aromatic carbocycles. The van der Waals surface area contributed by atoms with Crippen molar-refractivity contribution >= 4 is 23.6 Å². The molecule has 1 aromatic rings. The van der Waals surface area contributed by atoms with E-state index in [1.165, 1.54) is 6.08 Å². The zero-order valence-electron chi connectivity index (χ0n) is 15.9. The molecule has 146 valence electrons. The molecule has 0 radical (unpaired) electrons. The van der Waals surface area contributed by atoms with E-state index in [0.717, 1.165) is 0 Å². The molecule has 0 bridgehead atoms. The predicted octanol–water partition coefficient (Wildman–Crippen LogP) is 2.75. The molecule has 7 nitrogen and oxygen atoms in total.